The van der Waals surface area contributed by atoms with Gasteiger partial charge < -0.3 is 27.0 Å². The summed E-state index contributed by atoms with van der Waals surface area (Å²) in [6, 6.07) is -1.58. The molecule has 0 aliphatic carbocycles. The van der Waals surface area contributed by atoms with Gasteiger partial charge in [-0.05, 0) is 39.9 Å². The molecule has 0 rings (SSSR count). The minimum atomic E-state index is -0.862. The van der Waals surface area contributed by atoms with Crippen molar-refractivity contribution in [3.8, 4) is 0 Å². The number of rotatable bonds is 11. The monoisotopic (exact) mass is 333 g/mol. The lowest BCUT2D eigenvalue weighted by molar-refractivity contribution is -0.131. The van der Waals surface area contributed by atoms with E-state index < -0.39 is 23.9 Å². The predicted molar refractivity (Wildman–Crippen MR) is 88.4 cm³/mol. The number of amides is 3. The van der Waals surface area contributed by atoms with Crippen LogP contribution in [0.15, 0.2) is 0 Å². The van der Waals surface area contributed by atoms with Gasteiger partial charge in [0.2, 0.25) is 17.7 Å². The van der Waals surface area contributed by atoms with Crippen LogP contribution in [0.1, 0.15) is 19.3 Å². The first-order valence-electron chi connectivity index (χ1n) is 7.16. The zero-order valence-electron chi connectivity index (χ0n) is 13.2. The summed E-state index contributed by atoms with van der Waals surface area (Å²) in [6.45, 7) is 0.688. The van der Waals surface area contributed by atoms with Crippen molar-refractivity contribution in [2.24, 2.45) is 11.5 Å². The van der Waals surface area contributed by atoms with Crippen LogP contribution in [0, 0.1) is 0 Å². The summed E-state index contributed by atoms with van der Waals surface area (Å²) in [6.07, 6.45) is 1.89. The molecule has 0 spiro atoms. The third-order valence-corrected chi connectivity index (χ3v) is 3.27. The minimum Gasteiger partial charge on any atom is -0.368 e. The first-order valence-corrected chi connectivity index (χ1v) is 7.79. The Hall–Kier alpha value is -1.32. The number of hydrogen-bond donors (Lipinski definition) is 5. The fourth-order valence-electron chi connectivity index (χ4n) is 1.77. The molecule has 0 aromatic heterocycles. The molecule has 6 N–H and O–H groups in total. The van der Waals surface area contributed by atoms with Crippen LogP contribution in [0.2, 0.25) is 0 Å². The van der Waals surface area contributed by atoms with E-state index >= 15 is 0 Å². The number of thiol groups is 1. The smallest absolute Gasteiger partial charge is 0.243 e. The Bertz CT molecular complexity index is 379. The Morgan fingerprint density at radius 1 is 1.14 bits per heavy atom. The summed E-state index contributed by atoms with van der Waals surface area (Å²) in [5.41, 5.74) is 10.6. The fourth-order valence-corrected chi connectivity index (χ4v) is 2.04. The first-order chi connectivity index (χ1) is 10.3. The number of hydrogen-bond acceptors (Lipinski definition) is 6. The van der Waals surface area contributed by atoms with E-state index in [0.717, 1.165) is 6.42 Å². The van der Waals surface area contributed by atoms with E-state index in [9.17, 15) is 14.4 Å². The van der Waals surface area contributed by atoms with Crippen molar-refractivity contribution in [2.75, 3.05) is 32.9 Å². The molecule has 0 aromatic carbocycles. The molecule has 0 fully saturated rings. The Labute approximate surface area is 136 Å². The topological polar surface area (TPSA) is 131 Å². The van der Waals surface area contributed by atoms with Crippen LogP contribution in [0.25, 0.3) is 0 Å². The van der Waals surface area contributed by atoms with Crippen molar-refractivity contribution in [1.82, 2.24) is 15.5 Å². The van der Waals surface area contributed by atoms with Gasteiger partial charge >= 0.3 is 0 Å². The quantitative estimate of drug-likeness (QED) is 0.222. The summed E-state index contributed by atoms with van der Waals surface area (Å²) >= 11 is 3.97. The molecule has 0 bridgehead atoms. The Morgan fingerprint density at radius 3 is 2.23 bits per heavy atom. The molecular weight excluding hydrogens is 306 g/mol. The first kappa shape index (κ1) is 20.7. The zero-order chi connectivity index (χ0) is 17.1. The lowest BCUT2D eigenvalue weighted by atomic mass is 10.1. The second kappa shape index (κ2) is 11.3. The number of likely N-dealkylation sites (N-methyl/N-ethyl adjacent to an activating group) is 1. The van der Waals surface area contributed by atoms with Gasteiger partial charge in [-0.15, -0.1) is 0 Å². The molecule has 128 valence electrons. The highest BCUT2D eigenvalue weighted by molar-refractivity contribution is 7.80. The molecule has 2 atom stereocenters. The molecule has 0 heterocycles. The number of carbonyl (C=O) groups is 3. The van der Waals surface area contributed by atoms with Gasteiger partial charge in [0.25, 0.3) is 0 Å². The van der Waals surface area contributed by atoms with Gasteiger partial charge in [-0.25, -0.2) is 0 Å². The summed E-state index contributed by atoms with van der Waals surface area (Å²) < 4.78 is 0. The summed E-state index contributed by atoms with van der Waals surface area (Å²) in [4.78, 5) is 36.9. The van der Waals surface area contributed by atoms with E-state index in [4.69, 9.17) is 11.5 Å². The van der Waals surface area contributed by atoms with Crippen molar-refractivity contribution in [3.63, 3.8) is 0 Å². The van der Waals surface area contributed by atoms with E-state index in [1.165, 1.54) is 0 Å². The van der Waals surface area contributed by atoms with E-state index in [1.807, 2.05) is 0 Å². The van der Waals surface area contributed by atoms with Crippen molar-refractivity contribution >= 4 is 30.4 Å². The largest absolute Gasteiger partial charge is 0.368 e. The van der Waals surface area contributed by atoms with Gasteiger partial charge in [0.15, 0.2) is 0 Å². The van der Waals surface area contributed by atoms with Crippen molar-refractivity contribution in [1.29, 1.82) is 0 Å². The molecule has 0 saturated carbocycles. The van der Waals surface area contributed by atoms with E-state index in [0.29, 0.717) is 19.4 Å². The van der Waals surface area contributed by atoms with Gasteiger partial charge in [0.05, 0.1) is 6.54 Å². The Balaban J connectivity index is 4.70. The number of unbranched alkanes of at least 4 members (excludes halogenated alkanes) is 1. The molecule has 0 saturated heterocycles. The van der Waals surface area contributed by atoms with Crippen LogP contribution >= 0.6 is 12.6 Å². The predicted octanol–water partition coefficient (Wildman–Crippen LogP) is -1.94. The maximum Gasteiger partial charge on any atom is 0.243 e. The number of primary amides is 1. The number of nitrogens with one attached hydrogen (secondary N) is 2. The second-order valence-electron chi connectivity index (χ2n) is 5.29. The van der Waals surface area contributed by atoms with Crippen LogP contribution < -0.4 is 22.1 Å². The normalized spacial score (nSPS) is 13.5. The zero-order valence-corrected chi connectivity index (χ0v) is 14.1. The summed E-state index contributed by atoms with van der Waals surface area (Å²) in [5.74, 6) is -1.27. The highest BCUT2D eigenvalue weighted by Gasteiger charge is 2.24. The molecule has 0 aromatic rings. The molecular formula is C13H27N5O3S. The summed E-state index contributed by atoms with van der Waals surface area (Å²) in [7, 11) is 3.51. The van der Waals surface area contributed by atoms with Crippen molar-refractivity contribution < 1.29 is 14.4 Å². The standard InChI is InChI=1S/C13H27N5O3S/c1-18(2)7-11(19)16-9(5-3-4-6-14)13(21)17-10(8-22)12(15)20/h9-10,22H,3-8,14H2,1-2H3,(H2,15,20)(H,16,19)(H,17,21)/t9-,10-/m0/s1. The van der Waals surface area contributed by atoms with E-state index in [1.54, 1.807) is 19.0 Å². The SMILES string of the molecule is CN(C)CC(=O)N[C@@H](CCCCN)C(=O)N[C@@H](CS)C(N)=O. The second-order valence-corrected chi connectivity index (χ2v) is 5.65. The molecule has 0 unspecified atom stereocenters. The minimum absolute atomic E-state index is 0.0994. The number of nitrogens with zero attached hydrogens (tertiary/aromatic N) is 1. The van der Waals surface area contributed by atoms with Crippen LogP contribution in [0.3, 0.4) is 0 Å². The fraction of sp³-hybridized carbons (Fsp3) is 0.769. The third-order valence-electron chi connectivity index (χ3n) is 2.90. The lowest BCUT2D eigenvalue weighted by Gasteiger charge is -2.22. The highest BCUT2D eigenvalue weighted by Crippen LogP contribution is 2.02. The Morgan fingerprint density at radius 2 is 1.77 bits per heavy atom. The molecule has 0 aliphatic heterocycles. The van der Waals surface area contributed by atoms with Gasteiger partial charge in [-0.3, -0.25) is 14.4 Å². The maximum absolute atomic E-state index is 12.2. The molecule has 3 amide bonds. The van der Waals surface area contributed by atoms with Gasteiger partial charge in [0.1, 0.15) is 12.1 Å². The third kappa shape index (κ3) is 8.85. The average molecular weight is 333 g/mol. The Kier molecular flexibility index (Phi) is 10.6. The van der Waals surface area contributed by atoms with Crippen molar-refractivity contribution in [3.05, 3.63) is 0 Å². The maximum atomic E-state index is 12.2. The lowest BCUT2D eigenvalue weighted by Crippen LogP contribution is -2.54. The molecule has 9 heteroatoms. The van der Waals surface area contributed by atoms with Crippen LogP contribution in [-0.2, 0) is 14.4 Å². The summed E-state index contributed by atoms with van der Waals surface area (Å²) in [5, 5.41) is 5.17. The number of carbonyl (C=O) groups excluding carboxylic acids is 3. The number of nitrogens with two attached hydrogens (primary N) is 2. The van der Waals surface area contributed by atoms with Crippen LogP contribution in [0.5, 0.6) is 0 Å². The van der Waals surface area contributed by atoms with Crippen molar-refractivity contribution in [2.45, 2.75) is 31.3 Å². The molecule has 8 nitrogen and oxygen atoms in total. The molecule has 0 radical (unpaired) electrons. The molecule has 22 heavy (non-hydrogen) atoms. The van der Waals surface area contributed by atoms with Gasteiger partial charge in [0, 0.05) is 5.75 Å². The van der Waals surface area contributed by atoms with Crippen LogP contribution in [-0.4, -0.2) is 67.6 Å². The molecule has 0 aliphatic rings. The van der Waals surface area contributed by atoms with Gasteiger partial charge in [-0.1, -0.05) is 0 Å². The van der Waals surface area contributed by atoms with E-state index in [-0.39, 0.29) is 18.2 Å². The average Bonchev–Trinajstić information content (AvgIpc) is 2.42. The van der Waals surface area contributed by atoms with E-state index in [2.05, 4.69) is 23.3 Å². The van der Waals surface area contributed by atoms with Crippen LogP contribution in [0.4, 0.5) is 0 Å². The van der Waals surface area contributed by atoms with Gasteiger partial charge in [-0.2, -0.15) is 12.6 Å². The highest BCUT2D eigenvalue weighted by atomic mass is 32.1.